The SMILES string of the molecule is Cc1ccc(S(=O)(=O)N2CCC[C@H]2c2cccs2)cc1[N+](=O)[O-]. The highest BCUT2D eigenvalue weighted by Gasteiger charge is 2.37. The van der Waals surface area contributed by atoms with Crippen LogP contribution >= 0.6 is 11.3 Å². The molecular formula is C15H16N2O4S2. The number of sulfonamides is 1. The van der Waals surface area contributed by atoms with Crippen LogP contribution in [0.25, 0.3) is 0 Å². The number of hydrogen-bond acceptors (Lipinski definition) is 5. The predicted molar refractivity (Wildman–Crippen MR) is 88.0 cm³/mol. The highest BCUT2D eigenvalue weighted by Crippen LogP contribution is 2.39. The summed E-state index contributed by atoms with van der Waals surface area (Å²) in [6, 6.07) is 7.75. The Morgan fingerprint density at radius 2 is 2.13 bits per heavy atom. The van der Waals surface area contributed by atoms with Crippen molar-refractivity contribution in [1.82, 2.24) is 4.31 Å². The van der Waals surface area contributed by atoms with Crippen LogP contribution < -0.4 is 0 Å². The molecule has 0 radical (unpaired) electrons. The number of aryl methyl sites for hydroxylation is 1. The van der Waals surface area contributed by atoms with Gasteiger partial charge in [-0.2, -0.15) is 4.31 Å². The van der Waals surface area contributed by atoms with Gasteiger partial charge in [-0.15, -0.1) is 11.3 Å². The zero-order valence-corrected chi connectivity index (χ0v) is 14.1. The summed E-state index contributed by atoms with van der Waals surface area (Å²) in [6.45, 7) is 2.03. The third-order valence-electron chi connectivity index (χ3n) is 4.06. The molecule has 0 saturated carbocycles. The zero-order chi connectivity index (χ0) is 16.6. The molecule has 1 aromatic heterocycles. The van der Waals surface area contributed by atoms with Crippen LogP contribution in [0.1, 0.15) is 29.3 Å². The molecule has 2 aromatic rings. The van der Waals surface area contributed by atoms with Gasteiger partial charge in [0.05, 0.1) is 15.9 Å². The number of nitro groups is 1. The molecule has 0 bridgehead atoms. The first-order chi connectivity index (χ1) is 10.9. The molecule has 23 heavy (non-hydrogen) atoms. The first-order valence-electron chi connectivity index (χ1n) is 7.21. The molecule has 1 atom stereocenters. The Balaban J connectivity index is 2.01. The van der Waals surface area contributed by atoms with E-state index in [1.807, 2.05) is 17.5 Å². The summed E-state index contributed by atoms with van der Waals surface area (Å²) in [4.78, 5) is 11.5. The van der Waals surface area contributed by atoms with Gasteiger partial charge in [-0.05, 0) is 37.3 Å². The van der Waals surface area contributed by atoms with E-state index in [2.05, 4.69) is 0 Å². The molecule has 122 valence electrons. The molecule has 0 N–H and O–H groups in total. The van der Waals surface area contributed by atoms with Gasteiger partial charge in [0.2, 0.25) is 10.0 Å². The lowest BCUT2D eigenvalue weighted by molar-refractivity contribution is -0.385. The molecule has 2 heterocycles. The Hall–Kier alpha value is -1.77. The second-order valence-corrected chi connectivity index (χ2v) is 8.36. The highest BCUT2D eigenvalue weighted by atomic mass is 32.2. The van der Waals surface area contributed by atoms with E-state index in [0.717, 1.165) is 23.8 Å². The van der Waals surface area contributed by atoms with Crippen LogP contribution in [0.2, 0.25) is 0 Å². The van der Waals surface area contributed by atoms with Gasteiger partial charge in [-0.1, -0.05) is 12.1 Å². The van der Waals surface area contributed by atoms with Gasteiger partial charge < -0.3 is 0 Å². The number of rotatable bonds is 4. The first kappa shape index (κ1) is 16.1. The molecule has 8 heteroatoms. The monoisotopic (exact) mass is 352 g/mol. The number of nitrogens with zero attached hydrogens (tertiary/aromatic N) is 2. The van der Waals surface area contributed by atoms with Crippen molar-refractivity contribution in [2.75, 3.05) is 6.54 Å². The zero-order valence-electron chi connectivity index (χ0n) is 12.5. The van der Waals surface area contributed by atoms with E-state index in [1.54, 1.807) is 6.92 Å². The van der Waals surface area contributed by atoms with Crippen molar-refractivity contribution < 1.29 is 13.3 Å². The molecule has 1 aromatic carbocycles. The maximum atomic E-state index is 12.9. The van der Waals surface area contributed by atoms with E-state index in [9.17, 15) is 18.5 Å². The van der Waals surface area contributed by atoms with Crippen molar-refractivity contribution >= 4 is 27.0 Å². The maximum absolute atomic E-state index is 12.9. The smallest absolute Gasteiger partial charge is 0.258 e. The summed E-state index contributed by atoms with van der Waals surface area (Å²) in [5.41, 5.74) is 0.281. The van der Waals surface area contributed by atoms with Crippen LogP contribution in [0, 0.1) is 17.0 Å². The second-order valence-electron chi connectivity index (χ2n) is 5.49. The largest absolute Gasteiger partial charge is 0.273 e. The summed E-state index contributed by atoms with van der Waals surface area (Å²) >= 11 is 1.53. The van der Waals surface area contributed by atoms with Gasteiger partial charge in [0, 0.05) is 23.1 Å². The molecule has 0 unspecified atom stereocenters. The number of nitro benzene ring substituents is 1. The van der Waals surface area contributed by atoms with Crippen molar-refractivity contribution in [3.8, 4) is 0 Å². The van der Waals surface area contributed by atoms with E-state index in [4.69, 9.17) is 0 Å². The summed E-state index contributed by atoms with van der Waals surface area (Å²) in [7, 11) is -3.75. The van der Waals surface area contributed by atoms with Gasteiger partial charge in [-0.3, -0.25) is 10.1 Å². The average Bonchev–Trinajstić information content (AvgIpc) is 3.18. The Kier molecular flexibility index (Phi) is 4.22. The van der Waals surface area contributed by atoms with Crippen LogP contribution in [-0.2, 0) is 10.0 Å². The molecule has 0 amide bonds. The van der Waals surface area contributed by atoms with E-state index in [-0.39, 0.29) is 16.6 Å². The van der Waals surface area contributed by atoms with Gasteiger partial charge in [0.1, 0.15) is 0 Å². The number of hydrogen-bond donors (Lipinski definition) is 0. The van der Waals surface area contributed by atoms with Crippen LogP contribution in [0.5, 0.6) is 0 Å². The first-order valence-corrected chi connectivity index (χ1v) is 9.53. The van der Waals surface area contributed by atoms with Crippen LogP contribution in [-0.4, -0.2) is 24.2 Å². The van der Waals surface area contributed by atoms with Crippen LogP contribution in [0.15, 0.2) is 40.6 Å². The Labute approximate surface area is 138 Å². The number of benzene rings is 1. The van der Waals surface area contributed by atoms with Gasteiger partial charge in [0.15, 0.2) is 0 Å². The van der Waals surface area contributed by atoms with E-state index in [1.165, 1.54) is 27.8 Å². The normalized spacial score (nSPS) is 19.1. The maximum Gasteiger partial charge on any atom is 0.273 e. The standard InChI is InChI=1S/C15H16N2O4S2/c1-11-6-7-12(10-14(11)17(18)19)23(20,21)16-8-2-4-13(16)15-5-3-9-22-15/h3,5-7,9-10,13H,2,4,8H2,1H3/t13-/m0/s1. The summed E-state index contributed by atoms with van der Waals surface area (Å²) in [5, 5.41) is 13.0. The summed E-state index contributed by atoms with van der Waals surface area (Å²) in [6.07, 6.45) is 1.56. The topological polar surface area (TPSA) is 80.5 Å². The molecule has 0 aliphatic carbocycles. The molecule has 1 fully saturated rings. The number of thiophene rings is 1. The quantitative estimate of drug-likeness (QED) is 0.623. The van der Waals surface area contributed by atoms with Gasteiger partial charge in [0.25, 0.3) is 5.69 Å². The van der Waals surface area contributed by atoms with Crippen LogP contribution in [0.4, 0.5) is 5.69 Å². The predicted octanol–water partition coefficient (Wildman–Crippen LogP) is 3.49. The molecule has 6 nitrogen and oxygen atoms in total. The van der Waals surface area contributed by atoms with E-state index < -0.39 is 14.9 Å². The minimum atomic E-state index is -3.75. The molecular weight excluding hydrogens is 336 g/mol. The Morgan fingerprint density at radius 3 is 2.78 bits per heavy atom. The lowest BCUT2D eigenvalue weighted by Crippen LogP contribution is -2.30. The van der Waals surface area contributed by atoms with E-state index >= 15 is 0 Å². The fourth-order valence-corrected chi connectivity index (χ4v) is 5.51. The average molecular weight is 352 g/mol. The molecule has 0 spiro atoms. The molecule has 1 aliphatic rings. The van der Waals surface area contributed by atoms with Gasteiger partial charge >= 0.3 is 0 Å². The molecule has 3 rings (SSSR count). The lowest BCUT2D eigenvalue weighted by Gasteiger charge is -2.23. The minimum Gasteiger partial charge on any atom is -0.258 e. The van der Waals surface area contributed by atoms with Crippen molar-refractivity contribution in [3.63, 3.8) is 0 Å². The third kappa shape index (κ3) is 2.89. The fourth-order valence-electron chi connectivity index (χ4n) is 2.87. The minimum absolute atomic E-state index is 0.0155. The van der Waals surface area contributed by atoms with Crippen molar-refractivity contribution in [3.05, 3.63) is 56.3 Å². The second kappa shape index (κ2) is 6.03. The summed E-state index contributed by atoms with van der Waals surface area (Å²) in [5.74, 6) is 0. The Morgan fingerprint density at radius 1 is 1.35 bits per heavy atom. The fraction of sp³-hybridized carbons (Fsp3) is 0.333. The molecule has 1 saturated heterocycles. The molecule has 1 aliphatic heterocycles. The Bertz CT molecular complexity index is 831. The summed E-state index contributed by atoms with van der Waals surface area (Å²) < 4.78 is 27.3. The van der Waals surface area contributed by atoms with E-state index in [0.29, 0.717) is 12.1 Å². The van der Waals surface area contributed by atoms with Crippen molar-refractivity contribution in [1.29, 1.82) is 0 Å². The van der Waals surface area contributed by atoms with Gasteiger partial charge in [-0.25, -0.2) is 8.42 Å². The highest BCUT2D eigenvalue weighted by molar-refractivity contribution is 7.89. The van der Waals surface area contributed by atoms with Crippen molar-refractivity contribution in [2.24, 2.45) is 0 Å². The lowest BCUT2D eigenvalue weighted by atomic mass is 10.2. The third-order valence-corrected chi connectivity index (χ3v) is 6.94. The van der Waals surface area contributed by atoms with Crippen LogP contribution in [0.3, 0.4) is 0 Å². The van der Waals surface area contributed by atoms with Crippen molar-refractivity contribution in [2.45, 2.75) is 30.7 Å².